The number of nitrogens with zero attached hydrogens (tertiary/aromatic N) is 2. The van der Waals surface area contributed by atoms with Crippen molar-refractivity contribution < 1.29 is 4.79 Å². The predicted molar refractivity (Wildman–Crippen MR) is 102 cm³/mol. The number of rotatable bonds is 5. The van der Waals surface area contributed by atoms with Crippen molar-refractivity contribution >= 4 is 5.91 Å². The first-order valence-corrected chi connectivity index (χ1v) is 9.12. The second-order valence-electron chi connectivity index (χ2n) is 7.26. The van der Waals surface area contributed by atoms with Gasteiger partial charge in [-0.05, 0) is 49.9 Å². The van der Waals surface area contributed by atoms with Crippen molar-refractivity contribution in [3.63, 3.8) is 0 Å². The average Bonchev–Trinajstić information content (AvgIpc) is 2.63. The lowest BCUT2D eigenvalue weighted by Crippen LogP contribution is -2.38. The molecule has 0 fully saturated rings. The molecule has 0 aliphatic heterocycles. The van der Waals surface area contributed by atoms with E-state index in [9.17, 15) is 4.79 Å². The van der Waals surface area contributed by atoms with Crippen LogP contribution in [0.2, 0.25) is 0 Å². The van der Waals surface area contributed by atoms with E-state index >= 15 is 0 Å². The van der Waals surface area contributed by atoms with E-state index in [2.05, 4.69) is 67.4 Å². The lowest BCUT2D eigenvalue weighted by molar-refractivity contribution is -0.131. The van der Waals surface area contributed by atoms with Crippen LogP contribution in [0.5, 0.6) is 0 Å². The minimum Gasteiger partial charge on any atom is -0.340 e. The first-order valence-electron chi connectivity index (χ1n) is 9.12. The van der Waals surface area contributed by atoms with Crippen molar-refractivity contribution in [3.05, 3.63) is 70.8 Å². The van der Waals surface area contributed by atoms with Gasteiger partial charge in [-0.3, -0.25) is 9.69 Å². The number of benzene rings is 2. The monoisotopic (exact) mass is 336 g/mol. The van der Waals surface area contributed by atoms with Crippen LogP contribution in [0.1, 0.15) is 41.1 Å². The Bertz CT molecular complexity index is 723. The molecular weight excluding hydrogens is 308 g/mol. The van der Waals surface area contributed by atoms with E-state index in [4.69, 9.17) is 0 Å². The summed E-state index contributed by atoms with van der Waals surface area (Å²) in [5, 5.41) is 0. The van der Waals surface area contributed by atoms with Gasteiger partial charge in [0.15, 0.2) is 0 Å². The number of amides is 1. The van der Waals surface area contributed by atoms with Crippen LogP contribution in [0.25, 0.3) is 0 Å². The maximum Gasteiger partial charge on any atom is 0.236 e. The molecule has 132 valence electrons. The molecule has 2 aromatic carbocycles. The van der Waals surface area contributed by atoms with Crippen LogP contribution in [-0.2, 0) is 17.8 Å². The maximum atomic E-state index is 12.7. The zero-order valence-electron chi connectivity index (χ0n) is 15.5. The molecule has 3 nitrogen and oxygen atoms in total. The number of hydrogen-bond donors (Lipinski definition) is 0. The summed E-state index contributed by atoms with van der Waals surface area (Å²) in [5.41, 5.74) is 5.25. The minimum atomic E-state index is 0.172. The third-order valence-corrected chi connectivity index (χ3v) is 5.22. The van der Waals surface area contributed by atoms with Crippen LogP contribution in [0.3, 0.4) is 0 Å². The van der Waals surface area contributed by atoms with Crippen molar-refractivity contribution in [2.45, 2.75) is 38.8 Å². The molecule has 0 saturated heterocycles. The van der Waals surface area contributed by atoms with Crippen molar-refractivity contribution in [1.82, 2.24) is 9.80 Å². The van der Waals surface area contributed by atoms with Crippen LogP contribution in [0, 0.1) is 6.92 Å². The molecule has 0 heterocycles. The fraction of sp³-hybridized carbons (Fsp3) is 0.409. The summed E-state index contributed by atoms with van der Waals surface area (Å²) in [7, 11) is 3.97. The van der Waals surface area contributed by atoms with Crippen LogP contribution < -0.4 is 0 Å². The zero-order valence-corrected chi connectivity index (χ0v) is 15.5. The first kappa shape index (κ1) is 17.7. The van der Waals surface area contributed by atoms with Gasteiger partial charge in [0.25, 0.3) is 0 Å². The second-order valence-corrected chi connectivity index (χ2v) is 7.26. The number of likely N-dealkylation sites (N-methyl/N-ethyl adjacent to an activating group) is 2. The summed E-state index contributed by atoms with van der Waals surface area (Å²) < 4.78 is 0. The summed E-state index contributed by atoms with van der Waals surface area (Å²) in [6, 6.07) is 17.4. The van der Waals surface area contributed by atoms with Gasteiger partial charge in [0, 0.05) is 19.6 Å². The van der Waals surface area contributed by atoms with Crippen molar-refractivity contribution in [3.8, 4) is 0 Å². The first-order chi connectivity index (χ1) is 12.0. The van der Waals surface area contributed by atoms with Gasteiger partial charge in [-0.25, -0.2) is 0 Å². The summed E-state index contributed by atoms with van der Waals surface area (Å²) in [4.78, 5) is 16.7. The van der Waals surface area contributed by atoms with E-state index in [0.717, 1.165) is 12.8 Å². The van der Waals surface area contributed by atoms with E-state index in [0.29, 0.717) is 19.1 Å². The number of aryl methyl sites for hydroxylation is 2. The molecule has 1 amide bonds. The number of carbonyl (C=O) groups is 1. The van der Waals surface area contributed by atoms with Gasteiger partial charge in [0.05, 0.1) is 6.54 Å². The van der Waals surface area contributed by atoms with Crippen LogP contribution in [0.4, 0.5) is 0 Å². The maximum absolute atomic E-state index is 12.7. The van der Waals surface area contributed by atoms with Crippen molar-refractivity contribution in [1.29, 1.82) is 0 Å². The summed E-state index contributed by atoms with van der Waals surface area (Å²) in [5.74, 6) is 0.172. The van der Waals surface area contributed by atoms with Crippen LogP contribution in [0.15, 0.2) is 48.5 Å². The van der Waals surface area contributed by atoms with Gasteiger partial charge < -0.3 is 4.90 Å². The van der Waals surface area contributed by atoms with Gasteiger partial charge in [-0.2, -0.15) is 0 Å². The fourth-order valence-electron chi connectivity index (χ4n) is 3.69. The van der Waals surface area contributed by atoms with Crippen molar-refractivity contribution in [2.75, 3.05) is 20.6 Å². The predicted octanol–water partition coefficient (Wildman–Crippen LogP) is 3.96. The molecule has 0 spiro atoms. The van der Waals surface area contributed by atoms with Gasteiger partial charge in [0.1, 0.15) is 0 Å². The Hall–Kier alpha value is -2.13. The summed E-state index contributed by atoms with van der Waals surface area (Å²) in [6.07, 6.45) is 3.48. The highest BCUT2D eigenvalue weighted by atomic mass is 16.2. The number of carbonyl (C=O) groups excluding carboxylic acids is 1. The Morgan fingerprint density at radius 2 is 1.80 bits per heavy atom. The molecule has 1 aliphatic rings. The topological polar surface area (TPSA) is 23.6 Å². The van der Waals surface area contributed by atoms with E-state index in [1.165, 1.54) is 28.7 Å². The highest BCUT2D eigenvalue weighted by molar-refractivity contribution is 5.78. The van der Waals surface area contributed by atoms with E-state index in [1.807, 2.05) is 11.9 Å². The van der Waals surface area contributed by atoms with Crippen molar-refractivity contribution in [2.24, 2.45) is 0 Å². The van der Waals surface area contributed by atoms with Gasteiger partial charge >= 0.3 is 0 Å². The smallest absolute Gasteiger partial charge is 0.236 e. The van der Waals surface area contributed by atoms with E-state index in [1.54, 1.807) is 0 Å². The minimum absolute atomic E-state index is 0.172. The Morgan fingerprint density at radius 3 is 2.56 bits per heavy atom. The van der Waals surface area contributed by atoms with Gasteiger partial charge in [-0.15, -0.1) is 0 Å². The largest absolute Gasteiger partial charge is 0.340 e. The third kappa shape index (κ3) is 4.29. The Morgan fingerprint density at radius 1 is 1.08 bits per heavy atom. The Balaban J connectivity index is 1.61. The van der Waals surface area contributed by atoms with Gasteiger partial charge in [-0.1, -0.05) is 54.1 Å². The molecule has 1 aliphatic carbocycles. The third-order valence-electron chi connectivity index (χ3n) is 5.22. The molecular formula is C22H28N2O. The molecule has 0 unspecified atom stereocenters. The van der Waals surface area contributed by atoms with Crippen LogP contribution in [-0.4, -0.2) is 36.3 Å². The quantitative estimate of drug-likeness (QED) is 0.825. The average molecular weight is 336 g/mol. The highest BCUT2D eigenvalue weighted by Crippen LogP contribution is 2.33. The highest BCUT2D eigenvalue weighted by Gasteiger charge is 2.25. The molecule has 25 heavy (non-hydrogen) atoms. The van der Waals surface area contributed by atoms with E-state index < -0.39 is 0 Å². The second kappa shape index (κ2) is 7.83. The molecule has 0 radical (unpaired) electrons. The standard InChI is InChI=1S/C22H28N2O/c1-17-11-13-18(14-12-17)15-24(3)22(25)16-23(2)21-10-6-8-19-7-4-5-9-20(19)21/h4-5,7,9,11-14,21H,6,8,10,15-16H2,1-3H3/t21-/m0/s1. The number of fused-ring (bicyclic) bond motifs is 1. The SMILES string of the molecule is Cc1ccc(CN(C)C(=O)CN(C)[C@H]2CCCc3ccccc32)cc1. The molecule has 3 rings (SSSR count). The summed E-state index contributed by atoms with van der Waals surface area (Å²) >= 11 is 0. The zero-order chi connectivity index (χ0) is 17.8. The molecule has 3 heteroatoms. The molecule has 0 aromatic heterocycles. The fourth-order valence-corrected chi connectivity index (χ4v) is 3.69. The van der Waals surface area contributed by atoms with Gasteiger partial charge in [0.2, 0.25) is 5.91 Å². The lowest BCUT2D eigenvalue weighted by atomic mass is 9.87. The van der Waals surface area contributed by atoms with Crippen LogP contribution >= 0.6 is 0 Å². The Kier molecular flexibility index (Phi) is 5.54. The lowest BCUT2D eigenvalue weighted by Gasteiger charge is -2.33. The Labute approximate surface area is 151 Å². The number of hydrogen-bond acceptors (Lipinski definition) is 2. The molecule has 0 bridgehead atoms. The molecule has 1 atom stereocenters. The van der Waals surface area contributed by atoms with E-state index in [-0.39, 0.29) is 5.91 Å². The molecule has 2 aromatic rings. The molecule has 0 saturated carbocycles. The molecule has 0 N–H and O–H groups in total. The normalized spacial score (nSPS) is 16.6. The summed E-state index contributed by atoms with van der Waals surface area (Å²) in [6.45, 7) is 3.20.